The van der Waals surface area contributed by atoms with Crippen LogP contribution in [0.3, 0.4) is 0 Å². The van der Waals surface area contributed by atoms with Crippen LogP contribution in [-0.4, -0.2) is 29.4 Å². The number of aromatic nitrogens is 3. The van der Waals surface area contributed by atoms with E-state index >= 15 is 0 Å². The van der Waals surface area contributed by atoms with E-state index in [9.17, 15) is 0 Å². The van der Waals surface area contributed by atoms with E-state index in [-0.39, 0.29) is 0 Å². The number of nitrogens with zero attached hydrogens (tertiary/aromatic N) is 3. The van der Waals surface area contributed by atoms with Gasteiger partial charge in [0.2, 0.25) is 5.95 Å². The zero-order chi connectivity index (χ0) is 18.5. The summed E-state index contributed by atoms with van der Waals surface area (Å²) in [5.74, 6) is 1.86. The summed E-state index contributed by atoms with van der Waals surface area (Å²) >= 11 is 12.0. The number of ether oxygens (including phenoxy) is 2. The molecule has 0 atom stereocenters. The van der Waals surface area contributed by atoms with Crippen molar-refractivity contribution < 1.29 is 9.47 Å². The molecule has 1 heterocycles. The van der Waals surface area contributed by atoms with Gasteiger partial charge in [-0.15, -0.1) is 5.10 Å². The van der Waals surface area contributed by atoms with Crippen molar-refractivity contribution in [2.45, 2.75) is 0 Å². The van der Waals surface area contributed by atoms with Gasteiger partial charge in [-0.3, -0.25) is 0 Å². The lowest BCUT2D eigenvalue weighted by Gasteiger charge is -2.13. The molecule has 0 radical (unpaired) electrons. The standard InChI is InChI=1S/C17H15Cl2N5O2/c1-25-14-8-13(15(26-2)7-12(14)19)22-16-9-20-24-17(23-16)21-11-5-3-10(18)4-6-11/h3-9H,1-2H3,(H2,21,22,23,24). The summed E-state index contributed by atoms with van der Waals surface area (Å²) in [7, 11) is 3.09. The first-order valence-electron chi connectivity index (χ1n) is 7.50. The second-order valence-corrected chi connectivity index (χ2v) is 5.95. The van der Waals surface area contributed by atoms with Crippen LogP contribution < -0.4 is 20.1 Å². The number of methoxy groups -OCH3 is 2. The van der Waals surface area contributed by atoms with E-state index in [4.69, 9.17) is 32.7 Å². The Morgan fingerprint density at radius 1 is 0.923 bits per heavy atom. The number of halogens is 2. The van der Waals surface area contributed by atoms with Crippen LogP contribution in [0.4, 0.5) is 23.1 Å². The van der Waals surface area contributed by atoms with Crippen LogP contribution in [0.5, 0.6) is 11.5 Å². The molecule has 0 aliphatic heterocycles. The van der Waals surface area contributed by atoms with Crippen LogP contribution in [0.1, 0.15) is 0 Å². The zero-order valence-electron chi connectivity index (χ0n) is 14.0. The lowest BCUT2D eigenvalue weighted by atomic mass is 10.2. The lowest BCUT2D eigenvalue weighted by molar-refractivity contribution is 0.405. The van der Waals surface area contributed by atoms with Crippen LogP contribution in [-0.2, 0) is 0 Å². The molecule has 0 saturated heterocycles. The minimum absolute atomic E-state index is 0.331. The second kappa shape index (κ2) is 8.07. The smallest absolute Gasteiger partial charge is 0.249 e. The number of anilines is 4. The van der Waals surface area contributed by atoms with Gasteiger partial charge in [0.25, 0.3) is 0 Å². The Bertz CT molecular complexity index is 906. The van der Waals surface area contributed by atoms with Crippen LogP contribution in [0.15, 0.2) is 42.6 Å². The molecular weight excluding hydrogens is 377 g/mol. The van der Waals surface area contributed by atoms with E-state index in [0.29, 0.717) is 39.0 Å². The van der Waals surface area contributed by atoms with Crippen molar-refractivity contribution in [2.75, 3.05) is 24.9 Å². The van der Waals surface area contributed by atoms with E-state index in [2.05, 4.69) is 25.8 Å². The number of nitrogens with one attached hydrogen (secondary N) is 2. The molecule has 3 aromatic rings. The Balaban J connectivity index is 1.83. The van der Waals surface area contributed by atoms with Crippen LogP contribution in [0.2, 0.25) is 10.0 Å². The van der Waals surface area contributed by atoms with Crippen LogP contribution in [0.25, 0.3) is 0 Å². The van der Waals surface area contributed by atoms with Crippen molar-refractivity contribution in [1.29, 1.82) is 0 Å². The highest BCUT2D eigenvalue weighted by Gasteiger charge is 2.11. The molecule has 0 fully saturated rings. The molecule has 7 nitrogen and oxygen atoms in total. The molecule has 0 amide bonds. The molecule has 26 heavy (non-hydrogen) atoms. The quantitative estimate of drug-likeness (QED) is 0.630. The summed E-state index contributed by atoms with van der Waals surface area (Å²) in [4.78, 5) is 4.38. The van der Waals surface area contributed by atoms with E-state index in [1.165, 1.54) is 13.3 Å². The third-order valence-corrected chi connectivity index (χ3v) is 3.94. The minimum Gasteiger partial charge on any atom is -0.495 e. The zero-order valence-corrected chi connectivity index (χ0v) is 15.5. The maximum Gasteiger partial charge on any atom is 0.249 e. The number of benzene rings is 2. The summed E-state index contributed by atoms with van der Waals surface area (Å²) < 4.78 is 10.6. The molecule has 0 unspecified atom stereocenters. The number of hydrogen-bond acceptors (Lipinski definition) is 7. The van der Waals surface area contributed by atoms with Gasteiger partial charge in [0, 0.05) is 22.8 Å². The summed E-state index contributed by atoms with van der Waals surface area (Å²) in [5.41, 5.74) is 1.42. The first-order valence-corrected chi connectivity index (χ1v) is 8.25. The van der Waals surface area contributed by atoms with Gasteiger partial charge in [-0.25, -0.2) is 0 Å². The molecule has 2 N–H and O–H groups in total. The molecule has 134 valence electrons. The molecule has 0 aliphatic rings. The SMILES string of the molecule is COc1cc(Nc2cnnc(Nc3ccc(Cl)cc3)n2)c(OC)cc1Cl. The van der Waals surface area contributed by atoms with Crippen molar-refractivity contribution in [3.8, 4) is 11.5 Å². The fourth-order valence-corrected chi connectivity index (χ4v) is 2.53. The Morgan fingerprint density at radius 3 is 2.35 bits per heavy atom. The average Bonchev–Trinajstić information content (AvgIpc) is 2.65. The van der Waals surface area contributed by atoms with Gasteiger partial charge >= 0.3 is 0 Å². The minimum atomic E-state index is 0.331. The van der Waals surface area contributed by atoms with Gasteiger partial charge in [0.15, 0.2) is 5.82 Å². The highest BCUT2D eigenvalue weighted by atomic mass is 35.5. The maximum absolute atomic E-state index is 6.12. The van der Waals surface area contributed by atoms with Gasteiger partial charge in [0.05, 0.1) is 31.1 Å². The maximum atomic E-state index is 6.12. The van der Waals surface area contributed by atoms with Crippen molar-refractivity contribution >= 4 is 46.3 Å². The van der Waals surface area contributed by atoms with E-state index < -0.39 is 0 Å². The molecule has 9 heteroatoms. The third-order valence-electron chi connectivity index (χ3n) is 3.40. The highest BCUT2D eigenvalue weighted by Crippen LogP contribution is 2.37. The van der Waals surface area contributed by atoms with Crippen molar-refractivity contribution in [3.63, 3.8) is 0 Å². The molecule has 1 aromatic heterocycles. The summed E-state index contributed by atoms with van der Waals surface area (Å²) in [6, 6.07) is 10.5. The van der Waals surface area contributed by atoms with Crippen LogP contribution >= 0.6 is 23.2 Å². The topological polar surface area (TPSA) is 81.2 Å². The molecule has 2 aromatic carbocycles. The van der Waals surface area contributed by atoms with Gasteiger partial charge in [-0.2, -0.15) is 10.1 Å². The van der Waals surface area contributed by atoms with Crippen LogP contribution in [0, 0.1) is 0 Å². The molecule has 0 spiro atoms. The van der Waals surface area contributed by atoms with Crippen molar-refractivity contribution in [2.24, 2.45) is 0 Å². The van der Waals surface area contributed by atoms with E-state index in [1.807, 2.05) is 12.1 Å². The molecule has 0 bridgehead atoms. The van der Waals surface area contributed by atoms with Crippen molar-refractivity contribution in [1.82, 2.24) is 15.2 Å². The van der Waals surface area contributed by atoms with Gasteiger partial charge < -0.3 is 20.1 Å². The normalized spacial score (nSPS) is 10.3. The predicted octanol–water partition coefficient (Wildman–Crippen LogP) is 4.68. The lowest BCUT2D eigenvalue weighted by Crippen LogP contribution is -2.03. The van der Waals surface area contributed by atoms with Crippen molar-refractivity contribution in [3.05, 3.63) is 52.6 Å². The Labute approximate surface area is 160 Å². The fourth-order valence-electron chi connectivity index (χ4n) is 2.18. The highest BCUT2D eigenvalue weighted by molar-refractivity contribution is 6.32. The van der Waals surface area contributed by atoms with Gasteiger partial charge in [-0.1, -0.05) is 23.2 Å². The molecule has 0 saturated carbocycles. The fraction of sp³-hybridized carbons (Fsp3) is 0.118. The molecular formula is C17H15Cl2N5O2. The first-order chi connectivity index (χ1) is 12.6. The molecule has 3 rings (SSSR count). The number of hydrogen-bond donors (Lipinski definition) is 2. The second-order valence-electron chi connectivity index (χ2n) is 5.11. The third kappa shape index (κ3) is 4.25. The Kier molecular flexibility index (Phi) is 5.60. The predicted molar refractivity (Wildman–Crippen MR) is 102 cm³/mol. The van der Waals surface area contributed by atoms with Gasteiger partial charge in [-0.05, 0) is 24.3 Å². The van der Waals surface area contributed by atoms with E-state index in [1.54, 1.807) is 31.4 Å². The summed E-state index contributed by atoms with van der Waals surface area (Å²) in [5, 5.41) is 15.2. The number of rotatable bonds is 6. The summed E-state index contributed by atoms with van der Waals surface area (Å²) in [6.07, 6.45) is 1.49. The van der Waals surface area contributed by atoms with E-state index in [0.717, 1.165) is 5.69 Å². The first kappa shape index (κ1) is 18.0. The Morgan fingerprint density at radius 2 is 1.65 bits per heavy atom. The Hall–Kier alpha value is -2.77. The average molecular weight is 392 g/mol. The monoisotopic (exact) mass is 391 g/mol. The van der Waals surface area contributed by atoms with Gasteiger partial charge in [0.1, 0.15) is 11.5 Å². The molecule has 0 aliphatic carbocycles. The summed E-state index contributed by atoms with van der Waals surface area (Å²) in [6.45, 7) is 0. The largest absolute Gasteiger partial charge is 0.495 e.